The predicted octanol–water partition coefficient (Wildman–Crippen LogP) is 5.32. The molecule has 3 nitrogen and oxygen atoms in total. The van der Waals surface area contributed by atoms with Crippen molar-refractivity contribution < 1.29 is 4.79 Å². The van der Waals surface area contributed by atoms with E-state index >= 15 is 0 Å². The van der Waals surface area contributed by atoms with Gasteiger partial charge < -0.3 is 4.90 Å². The summed E-state index contributed by atoms with van der Waals surface area (Å²) in [7, 11) is 0. The molecule has 2 aromatic carbocycles. The summed E-state index contributed by atoms with van der Waals surface area (Å²) in [6, 6.07) is 13.0. The third-order valence-corrected chi connectivity index (χ3v) is 5.14. The molecule has 0 atom stereocenters. The molecule has 124 valence electrons. The maximum atomic E-state index is 11.5. The highest BCUT2D eigenvalue weighted by Gasteiger charge is 2.26. The number of hydrogen-bond donors (Lipinski definition) is 0. The quantitative estimate of drug-likeness (QED) is 0.527. The van der Waals surface area contributed by atoms with Gasteiger partial charge in [-0.2, -0.15) is 0 Å². The van der Waals surface area contributed by atoms with Crippen molar-refractivity contribution >= 4 is 40.1 Å². The number of rotatable bonds is 6. The Hall–Kier alpha value is -2.07. The topological polar surface area (TPSA) is 32.7 Å². The van der Waals surface area contributed by atoms with Crippen LogP contribution in [-0.4, -0.2) is 17.7 Å². The highest BCUT2D eigenvalue weighted by molar-refractivity contribution is 8.13. The molecule has 0 bridgehead atoms. The molecule has 3 rings (SSSR count). The van der Waals surface area contributed by atoms with E-state index in [9.17, 15) is 4.79 Å². The third kappa shape index (κ3) is 3.54. The molecule has 0 spiro atoms. The van der Waals surface area contributed by atoms with Gasteiger partial charge in [0.2, 0.25) is 0 Å². The lowest BCUT2D eigenvalue weighted by Crippen LogP contribution is -2.21. The Kier molecular flexibility index (Phi) is 5.05. The minimum absolute atomic E-state index is 0.110. The predicted molar refractivity (Wildman–Crippen MR) is 105 cm³/mol. The normalized spacial score (nSPS) is 14.7. The van der Waals surface area contributed by atoms with Crippen LogP contribution in [0.1, 0.15) is 38.2 Å². The fourth-order valence-electron chi connectivity index (χ4n) is 3.01. The SMILES string of the molecule is C=N/C=C(/C)N(CSC(C)=O)c1ccc(C2CC2)c2ccccc12. The van der Waals surface area contributed by atoms with E-state index in [1.165, 1.54) is 40.9 Å². The number of fused-ring (bicyclic) bond motifs is 1. The van der Waals surface area contributed by atoms with E-state index in [2.05, 4.69) is 53.0 Å². The lowest BCUT2D eigenvalue weighted by molar-refractivity contribution is -0.109. The fourth-order valence-corrected chi connectivity index (χ4v) is 3.66. The first kappa shape index (κ1) is 16.8. The van der Waals surface area contributed by atoms with Crippen LogP contribution in [0.4, 0.5) is 5.69 Å². The number of hydrogen-bond acceptors (Lipinski definition) is 4. The van der Waals surface area contributed by atoms with Crippen LogP contribution in [0.15, 0.2) is 53.3 Å². The molecule has 1 aliphatic rings. The van der Waals surface area contributed by atoms with E-state index in [1.807, 2.05) is 6.92 Å². The minimum atomic E-state index is 0.110. The third-order valence-electron chi connectivity index (χ3n) is 4.34. The number of aliphatic imine (C=N–C) groups is 1. The molecular formula is C20H22N2OS. The van der Waals surface area contributed by atoms with Crippen molar-refractivity contribution in [3.05, 3.63) is 53.9 Å². The Balaban J connectivity index is 2.09. The zero-order valence-corrected chi connectivity index (χ0v) is 15.0. The zero-order chi connectivity index (χ0) is 17.1. The average molecular weight is 338 g/mol. The van der Waals surface area contributed by atoms with Crippen LogP contribution in [0, 0.1) is 0 Å². The van der Waals surface area contributed by atoms with Gasteiger partial charge in [-0.1, -0.05) is 42.1 Å². The number of nitrogens with zero attached hydrogens (tertiary/aromatic N) is 2. The average Bonchev–Trinajstić information content (AvgIpc) is 3.40. The second-order valence-corrected chi connectivity index (χ2v) is 7.26. The molecule has 0 heterocycles. The lowest BCUT2D eigenvalue weighted by Gasteiger charge is -2.26. The largest absolute Gasteiger partial charge is 0.333 e. The van der Waals surface area contributed by atoms with Gasteiger partial charge in [0.25, 0.3) is 0 Å². The maximum Gasteiger partial charge on any atom is 0.187 e. The summed E-state index contributed by atoms with van der Waals surface area (Å²) in [5.74, 6) is 1.27. The van der Waals surface area contributed by atoms with E-state index in [1.54, 1.807) is 13.1 Å². The highest BCUT2D eigenvalue weighted by atomic mass is 32.2. The summed E-state index contributed by atoms with van der Waals surface area (Å²) < 4.78 is 0. The molecule has 0 radical (unpaired) electrons. The Labute approximate surface area is 147 Å². The summed E-state index contributed by atoms with van der Waals surface area (Å²) in [6.07, 6.45) is 4.31. The summed E-state index contributed by atoms with van der Waals surface area (Å²) in [4.78, 5) is 17.5. The molecule has 0 aromatic heterocycles. The van der Waals surface area contributed by atoms with E-state index in [0.29, 0.717) is 11.8 Å². The molecule has 0 amide bonds. The van der Waals surface area contributed by atoms with Crippen molar-refractivity contribution in [3.8, 4) is 0 Å². The first-order valence-electron chi connectivity index (χ1n) is 8.17. The Morgan fingerprint density at radius 1 is 1.25 bits per heavy atom. The first-order chi connectivity index (χ1) is 11.6. The maximum absolute atomic E-state index is 11.5. The zero-order valence-electron chi connectivity index (χ0n) is 14.2. The number of anilines is 1. The van der Waals surface area contributed by atoms with Gasteiger partial charge in [-0.05, 0) is 49.4 Å². The number of thioether (sulfide) groups is 1. The van der Waals surface area contributed by atoms with Gasteiger partial charge in [-0.15, -0.1) is 0 Å². The molecule has 0 saturated heterocycles. The van der Waals surface area contributed by atoms with Crippen molar-refractivity contribution in [2.45, 2.75) is 32.6 Å². The molecule has 1 fully saturated rings. The van der Waals surface area contributed by atoms with Gasteiger partial charge in [0, 0.05) is 29.9 Å². The molecule has 1 aliphatic carbocycles. The van der Waals surface area contributed by atoms with E-state index in [4.69, 9.17) is 0 Å². The van der Waals surface area contributed by atoms with Crippen LogP contribution < -0.4 is 4.90 Å². The molecular weight excluding hydrogens is 316 g/mol. The molecule has 2 aromatic rings. The smallest absolute Gasteiger partial charge is 0.187 e. The Morgan fingerprint density at radius 2 is 1.96 bits per heavy atom. The standard InChI is InChI=1S/C20H22N2OS/c1-14(12-21-3)22(13-24-15(2)23)20-11-10-17(16-8-9-16)18-6-4-5-7-19(18)20/h4-7,10-12,16H,3,8-9,13H2,1-2H3/b14-12-. The molecule has 0 aliphatic heterocycles. The summed E-state index contributed by atoms with van der Waals surface area (Å²) in [5.41, 5.74) is 3.53. The first-order valence-corrected chi connectivity index (χ1v) is 9.15. The van der Waals surface area contributed by atoms with Crippen molar-refractivity contribution in [1.82, 2.24) is 0 Å². The van der Waals surface area contributed by atoms with Gasteiger partial charge in [-0.3, -0.25) is 9.79 Å². The number of carbonyl (C=O) groups excluding carboxylic acids is 1. The van der Waals surface area contributed by atoms with Crippen molar-refractivity contribution in [2.75, 3.05) is 10.8 Å². The minimum Gasteiger partial charge on any atom is -0.333 e. The van der Waals surface area contributed by atoms with E-state index < -0.39 is 0 Å². The number of benzene rings is 2. The number of allylic oxidation sites excluding steroid dienone is 1. The van der Waals surface area contributed by atoms with Crippen molar-refractivity contribution in [1.29, 1.82) is 0 Å². The van der Waals surface area contributed by atoms with Crippen molar-refractivity contribution in [2.24, 2.45) is 4.99 Å². The van der Waals surface area contributed by atoms with Gasteiger partial charge in [0.05, 0.1) is 5.88 Å². The van der Waals surface area contributed by atoms with Crippen molar-refractivity contribution in [3.63, 3.8) is 0 Å². The van der Waals surface area contributed by atoms with Crippen LogP contribution in [-0.2, 0) is 4.79 Å². The molecule has 0 N–H and O–H groups in total. The lowest BCUT2D eigenvalue weighted by atomic mass is 9.99. The summed E-state index contributed by atoms with van der Waals surface area (Å²) in [6.45, 7) is 7.15. The van der Waals surface area contributed by atoms with Gasteiger partial charge >= 0.3 is 0 Å². The van der Waals surface area contributed by atoms with Crippen LogP contribution in [0.2, 0.25) is 0 Å². The van der Waals surface area contributed by atoms with Gasteiger partial charge in [0.15, 0.2) is 5.12 Å². The summed E-state index contributed by atoms with van der Waals surface area (Å²) in [5, 5.41) is 2.65. The van der Waals surface area contributed by atoms with E-state index in [-0.39, 0.29) is 5.12 Å². The Morgan fingerprint density at radius 3 is 2.58 bits per heavy atom. The summed E-state index contributed by atoms with van der Waals surface area (Å²) >= 11 is 1.30. The van der Waals surface area contributed by atoms with Gasteiger partial charge in [0.1, 0.15) is 0 Å². The molecule has 4 heteroatoms. The second kappa shape index (κ2) is 7.22. The fraction of sp³-hybridized carbons (Fsp3) is 0.300. The highest BCUT2D eigenvalue weighted by Crippen LogP contribution is 2.45. The second-order valence-electron chi connectivity index (χ2n) is 6.14. The monoisotopic (exact) mass is 338 g/mol. The molecule has 0 unspecified atom stereocenters. The Bertz CT molecular complexity index is 808. The van der Waals surface area contributed by atoms with Crippen LogP contribution in [0.5, 0.6) is 0 Å². The molecule has 1 saturated carbocycles. The van der Waals surface area contributed by atoms with Crippen LogP contribution >= 0.6 is 11.8 Å². The van der Waals surface area contributed by atoms with Crippen LogP contribution in [0.25, 0.3) is 10.8 Å². The van der Waals surface area contributed by atoms with Gasteiger partial charge in [-0.25, -0.2) is 0 Å². The van der Waals surface area contributed by atoms with E-state index in [0.717, 1.165) is 11.4 Å². The van der Waals surface area contributed by atoms with Crippen LogP contribution in [0.3, 0.4) is 0 Å². The number of carbonyl (C=O) groups is 1. The molecule has 24 heavy (non-hydrogen) atoms.